The van der Waals surface area contributed by atoms with Crippen LogP contribution in [0.5, 0.6) is 0 Å². The fourth-order valence-electron chi connectivity index (χ4n) is 13.3. The zero-order valence-corrected chi connectivity index (χ0v) is 43.8. The van der Waals surface area contributed by atoms with Crippen LogP contribution in [0.2, 0.25) is 0 Å². The summed E-state index contributed by atoms with van der Waals surface area (Å²) in [5.41, 5.74) is 43.2. The van der Waals surface area contributed by atoms with Gasteiger partial charge in [0.2, 0.25) is 13.4 Å². The summed E-state index contributed by atoms with van der Waals surface area (Å²) in [6.45, 7) is 46.8. The van der Waals surface area contributed by atoms with E-state index >= 15 is 0 Å². The normalized spacial score (nSPS) is 13.0. The average Bonchev–Trinajstić information content (AvgIpc) is 3.22. The van der Waals surface area contributed by atoms with Crippen LogP contribution in [0.15, 0.2) is 60.7 Å². The van der Waals surface area contributed by atoms with Crippen LogP contribution in [0.1, 0.15) is 111 Å². The molecule has 0 aromatic heterocycles. The molecule has 7 aromatic rings. The van der Waals surface area contributed by atoms with Crippen molar-refractivity contribution in [2.45, 2.75) is 138 Å². The SMILES string of the molecule is Cc1cc(C)c(B2c3cc4c(cc3N(c3c(C)cc(C)cc3C)c3c(C)c(C)c(C)c(C)c32)N(c2c(C)cc(C)cc2C)c2c(C)c(C)c(C)c(C)c2B4c2c(C)cc(C)cc2C)c(C)c1. The van der Waals surface area contributed by atoms with Gasteiger partial charge < -0.3 is 9.80 Å². The maximum absolute atomic E-state index is 2.72. The average molecular weight is 865 g/mol. The van der Waals surface area contributed by atoms with Gasteiger partial charge in [-0.3, -0.25) is 0 Å². The van der Waals surface area contributed by atoms with E-state index in [0.29, 0.717) is 0 Å². The van der Waals surface area contributed by atoms with Crippen LogP contribution in [0, 0.1) is 138 Å². The number of nitrogens with zero attached hydrogens (tertiary/aromatic N) is 2. The Morgan fingerprint density at radius 1 is 0.242 bits per heavy atom. The van der Waals surface area contributed by atoms with Gasteiger partial charge >= 0.3 is 0 Å². The van der Waals surface area contributed by atoms with Crippen LogP contribution in [-0.4, -0.2) is 13.4 Å². The van der Waals surface area contributed by atoms with E-state index in [1.807, 2.05) is 0 Å². The molecule has 0 fully saturated rings. The molecule has 0 atom stereocenters. The minimum absolute atomic E-state index is 0.0161. The first kappa shape index (κ1) is 45.4. The number of rotatable bonds is 4. The maximum atomic E-state index is 2.72. The third-order valence-electron chi connectivity index (χ3n) is 16.5. The molecule has 0 amide bonds. The molecule has 0 N–H and O–H groups in total. The van der Waals surface area contributed by atoms with Crippen molar-refractivity contribution in [3.05, 3.63) is 172 Å². The van der Waals surface area contributed by atoms with Gasteiger partial charge in [-0.2, -0.15) is 0 Å². The van der Waals surface area contributed by atoms with Gasteiger partial charge in [-0.15, -0.1) is 0 Å². The van der Waals surface area contributed by atoms with Gasteiger partial charge in [0, 0.05) is 22.7 Å². The molecule has 7 aromatic carbocycles. The van der Waals surface area contributed by atoms with Crippen LogP contribution in [0.25, 0.3) is 0 Å². The zero-order chi connectivity index (χ0) is 47.9. The van der Waals surface area contributed by atoms with Gasteiger partial charge in [-0.1, -0.05) is 121 Å². The number of anilines is 6. The van der Waals surface area contributed by atoms with E-state index in [1.165, 1.54) is 178 Å². The molecule has 2 nitrogen and oxygen atoms in total. The van der Waals surface area contributed by atoms with Crippen molar-refractivity contribution >= 4 is 80.3 Å². The molecule has 2 heterocycles. The Bertz CT molecular complexity index is 2750. The Kier molecular flexibility index (Phi) is 11.0. The van der Waals surface area contributed by atoms with Crippen LogP contribution < -0.4 is 42.6 Å². The molecular formula is C62H70B2N2. The van der Waals surface area contributed by atoms with Crippen LogP contribution >= 0.6 is 0 Å². The number of hydrogen-bond acceptors (Lipinski definition) is 2. The predicted octanol–water partition coefficient (Wildman–Crippen LogP) is 12.5. The van der Waals surface area contributed by atoms with E-state index in [0.717, 1.165) is 0 Å². The van der Waals surface area contributed by atoms with Gasteiger partial charge in [0.1, 0.15) is 0 Å². The van der Waals surface area contributed by atoms with Crippen molar-refractivity contribution in [2.75, 3.05) is 9.80 Å². The Morgan fingerprint density at radius 2 is 0.500 bits per heavy atom. The van der Waals surface area contributed by atoms with Gasteiger partial charge in [-0.25, -0.2) is 0 Å². The van der Waals surface area contributed by atoms with Crippen LogP contribution in [0.3, 0.4) is 0 Å². The smallest absolute Gasteiger partial charge is 0.247 e. The molecule has 0 unspecified atom stereocenters. The number of hydrogen-bond donors (Lipinski definition) is 0. The van der Waals surface area contributed by atoms with Crippen molar-refractivity contribution in [3.63, 3.8) is 0 Å². The second-order valence-electron chi connectivity index (χ2n) is 21.2. The second kappa shape index (κ2) is 16.0. The molecule has 2 aliphatic rings. The van der Waals surface area contributed by atoms with E-state index in [9.17, 15) is 0 Å². The Balaban J connectivity index is 1.57. The summed E-state index contributed by atoms with van der Waals surface area (Å²) in [6, 6.07) is 24.6. The summed E-state index contributed by atoms with van der Waals surface area (Å²) < 4.78 is 0. The van der Waals surface area contributed by atoms with E-state index in [2.05, 4.69) is 209 Å². The molecule has 2 aliphatic heterocycles. The molecule has 0 saturated heterocycles. The van der Waals surface area contributed by atoms with Gasteiger partial charge in [0.05, 0.1) is 11.4 Å². The highest BCUT2D eigenvalue weighted by Crippen LogP contribution is 2.48. The summed E-state index contributed by atoms with van der Waals surface area (Å²) in [4.78, 5) is 5.44. The first-order valence-electron chi connectivity index (χ1n) is 24.3. The topological polar surface area (TPSA) is 6.48 Å². The lowest BCUT2D eigenvalue weighted by Gasteiger charge is -2.46. The summed E-state index contributed by atoms with van der Waals surface area (Å²) in [5, 5.41) is 0. The predicted molar refractivity (Wildman–Crippen MR) is 293 cm³/mol. The molecule has 0 aliphatic carbocycles. The van der Waals surface area contributed by atoms with E-state index in [4.69, 9.17) is 0 Å². The molecule has 0 bridgehead atoms. The first-order chi connectivity index (χ1) is 31.0. The quantitative estimate of drug-likeness (QED) is 0.163. The number of benzene rings is 7. The zero-order valence-electron chi connectivity index (χ0n) is 43.8. The minimum atomic E-state index is 0.0161. The Hall–Kier alpha value is -5.73. The largest absolute Gasteiger partial charge is 0.311 e. The third kappa shape index (κ3) is 6.59. The summed E-state index contributed by atoms with van der Waals surface area (Å²) in [5.74, 6) is 0. The van der Waals surface area contributed by atoms with Gasteiger partial charge in [-0.05, 0) is 222 Å². The maximum Gasteiger partial charge on any atom is 0.247 e. The Morgan fingerprint density at radius 3 is 0.788 bits per heavy atom. The summed E-state index contributed by atoms with van der Waals surface area (Å²) in [6.07, 6.45) is 0. The highest BCUT2D eigenvalue weighted by molar-refractivity contribution is 7.01. The van der Waals surface area contributed by atoms with Gasteiger partial charge in [0.15, 0.2) is 0 Å². The highest BCUT2D eigenvalue weighted by atomic mass is 15.2. The molecule has 0 saturated carbocycles. The van der Waals surface area contributed by atoms with Crippen molar-refractivity contribution in [3.8, 4) is 0 Å². The monoisotopic (exact) mass is 865 g/mol. The fourth-order valence-corrected chi connectivity index (χ4v) is 13.3. The fraction of sp³-hybridized carbons (Fsp3) is 0.323. The minimum Gasteiger partial charge on any atom is -0.311 e. The lowest BCUT2D eigenvalue weighted by molar-refractivity contribution is 1.14. The first-order valence-corrected chi connectivity index (χ1v) is 24.3. The van der Waals surface area contributed by atoms with Crippen molar-refractivity contribution in [1.29, 1.82) is 0 Å². The molecule has 0 spiro atoms. The molecule has 66 heavy (non-hydrogen) atoms. The van der Waals surface area contributed by atoms with Crippen molar-refractivity contribution in [2.24, 2.45) is 0 Å². The number of fused-ring (bicyclic) bond motifs is 4. The lowest BCUT2D eigenvalue weighted by Crippen LogP contribution is -2.64. The van der Waals surface area contributed by atoms with Crippen LogP contribution in [0.4, 0.5) is 34.1 Å². The summed E-state index contributed by atoms with van der Waals surface area (Å²) >= 11 is 0. The van der Waals surface area contributed by atoms with E-state index < -0.39 is 0 Å². The standard InChI is InChI=1S/C62H70B2N2/c1-31-21-35(5)55(36(6)22-31)63-51-29-52-54(30-53(51)65(59-39(9)25-33(3)26-40(59)10)61-49(19)45(15)43(13)47(17)57(61)63)66(60-41(11)27-34(4)28-42(60)12)62-50(20)46(16)44(14)48(18)58(62)64(52)56-37(7)23-32(2)24-38(56)8/h21-30H,1-20H3. The van der Waals surface area contributed by atoms with E-state index in [-0.39, 0.29) is 13.4 Å². The van der Waals surface area contributed by atoms with Crippen LogP contribution in [-0.2, 0) is 0 Å². The lowest BCUT2D eigenvalue weighted by atomic mass is 9.29. The third-order valence-corrected chi connectivity index (χ3v) is 16.5. The van der Waals surface area contributed by atoms with Crippen molar-refractivity contribution in [1.82, 2.24) is 0 Å². The summed E-state index contributed by atoms with van der Waals surface area (Å²) in [7, 11) is 0. The molecular weight excluding hydrogens is 794 g/mol. The molecule has 0 radical (unpaired) electrons. The molecule has 334 valence electrons. The van der Waals surface area contributed by atoms with E-state index in [1.54, 1.807) is 0 Å². The van der Waals surface area contributed by atoms with Gasteiger partial charge in [0.25, 0.3) is 0 Å². The second-order valence-corrected chi connectivity index (χ2v) is 21.2. The molecule has 9 rings (SSSR count). The highest BCUT2D eigenvalue weighted by Gasteiger charge is 2.46. The number of aryl methyl sites for hydroxylation is 12. The van der Waals surface area contributed by atoms with Crippen molar-refractivity contribution < 1.29 is 0 Å². The molecule has 4 heteroatoms. The Labute approximate surface area is 398 Å².